The number of hydrogen-bond donors (Lipinski definition) is 1. The molecule has 0 radical (unpaired) electrons. The molecule has 2 aromatic carbocycles. The van der Waals surface area contributed by atoms with E-state index in [1.807, 2.05) is 18.2 Å². The van der Waals surface area contributed by atoms with Gasteiger partial charge in [0.15, 0.2) is 0 Å². The number of rotatable bonds is 4. The first-order valence-corrected chi connectivity index (χ1v) is 8.89. The van der Waals surface area contributed by atoms with Crippen molar-refractivity contribution in [2.24, 2.45) is 0 Å². The van der Waals surface area contributed by atoms with Crippen molar-refractivity contribution in [1.82, 2.24) is 9.38 Å². The van der Waals surface area contributed by atoms with Crippen LogP contribution in [0.4, 0.5) is 18.9 Å². The normalized spacial score (nSPS) is 11.6. The van der Waals surface area contributed by atoms with Crippen LogP contribution in [0.1, 0.15) is 11.1 Å². The van der Waals surface area contributed by atoms with Crippen LogP contribution in [-0.2, 0) is 17.4 Å². The predicted octanol–water partition coefficient (Wildman–Crippen LogP) is 5.20. The summed E-state index contributed by atoms with van der Waals surface area (Å²) in [6, 6.07) is 17.7. The Morgan fingerprint density at radius 2 is 1.79 bits per heavy atom. The highest BCUT2D eigenvalue weighted by Crippen LogP contribution is 2.32. The third-order valence-electron chi connectivity index (χ3n) is 4.46. The molecule has 2 aromatic heterocycles. The van der Waals surface area contributed by atoms with Crippen molar-refractivity contribution in [3.05, 3.63) is 90.3 Å². The maximum Gasteiger partial charge on any atom is 0.416 e. The first-order chi connectivity index (χ1) is 13.9. The van der Waals surface area contributed by atoms with Gasteiger partial charge in [0.2, 0.25) is 5.91 Å². The molecule has 7 heteroatoms. The second-order valence-corrected chi connectivity index (χ2v) is 6.56. The van der Waals surface area contributed by atoms with Gasteiger partial charge in [0.05, 0.1) is 17.7 Å². The van der Waals surface area contributed by atoms with Crippen LogP contribution in [-0.4, -0.2) is 15.3 Å². The zero-order valence-corrected chi connectivity index (χ0v) is 15.1. The number of fused-ring (bicyclic) bond motifs is 1. The molecule has 0 aliphatic heterocycles. The number of pyridine rings is 1. The highest BCUT2D eigenvalue weighted by Gasteiger charge is 2.30. The van der Waals surface area contributed by atoms with Crippen molar-refractivity contribution in [3.8, 4) is 11.3 Å². The van der Waals surface area contributed by atoms with Gasteiger partial charge in [-0.1, -0.05) is 36.4 Å². The van der Waals surface area contributed by atoms with Crippen molar-refractivity contribution in [3.63, 3.8) is 0 Å². The maximum atomic E-state index is 13.0. The number of nitrogens with zero attached hydrogens (tertiary/aromatic N) is 2. The summed E-state index contributed by atoms with van der Waals surface area (Å²) in [5.41, 5.74) is 1.95. The van der Waals surface area contributed by atoms with Crippen LogP contribution in [0.3, 0.4) is 0 Å². The maximum absolute atomic E-state index is 13.0. The van der Waals surface area contributed by atoms with Crippen molar-refractivity contribution < 1.29 is 18.0 Å². The summed E-state index contributed by atoms with van der Waals surface area (Å²) in [6.45, 7) is 0. The number of anilines is 1. The second-order valence-electron chi connectivity index (χ2n) is 6.56. The van der Waals surface area contributed by atoms with E-state index in [1.165, 1.54) is 6.07 Å². The molecule has 4 nitrogen and oxygen atoms in total. The molecule has 0 unspecified atom stereocenters. The molecule has 1 N–H and O–H groups in total. The average Bonchev–Trinajstić information content (AvgIpc) is 3.14. The first-order valence-electron chi connectivity index (χ1n) is 8.89. The minimum absolute atomic E-state index is 0.0955. The van der Waals surface area contributed by atoms with E-state index in [0.29, 0.717) is 28.2 Å². The third kappa shape index (κ3) is 4.13. The zero-order chi connectivity index (χ0) is 20.4. The summed E-state index contributed by atoms with van der Waals surface area (Å²) >= 11 is 0. The Morgan fingerprint density at radius 3 is 2.55 bits per heavy atom. The molecule has 0 spiro atoms. The topological polar surface area (TPSA) is 46.4 Å². The Labute approximate surface area is 164 Å². The van der Waals surface area contributed by atoms with Crippen LogP contribution >= 0.6 is 0 Å². The second kappa shape index (κ2) is 7.43. The van der Waals surface area contributed by atoms with Crippen LogP contribution in [0.25, 0.3) is 16.9 Å². The molecule has 0 aliphatic carbocycles. The Balaban J connectivity index is 1.63. The molecule has 1 amide bonds. The van der Waals surface area contributed by atoms with E-state index in [1.54, 1.807) is 47.1 Å². The number of imidazole rings is 1. The molecule has 29 heavy (non-hydrogen) atoms. The van der Waals surface area contributed by atoms with Crippen LogP contribution in [0.5, 0.6) is 0 Å². The number of amides is 1. The van der Waals surface area contributed by atoms with E-state index < -0.39 is 11.7 Å². The molecule has 4 rings (SSSR count). The quantitative estimate of drug-likeness (QED) is 0.516. The van der Waals surface area contributed by atoms with Gasteiger partial charge < -0.3 is 9.72 Å². The number of halogens is 3. The lowest BCUT2D eigenvalue weighted by atomic mass is 10.1. The molecule has 4 aromatic rings. The number of aromatic nitrogens is 2. The summed E-state index contributed by atoms with van der Waals surface area (Å²) in [4.78, 5) is 16.9. The standard InChI is InChI=1S/C22H16F3N3O/c23-22(24,25)17-8-4-6-15(12-17)19-14-28-11-5-7-16(21(28)27-19)13-20(29)26-18-9-2-1-3-10-18/h1-12,14H,13H2,(H,26,29). The lowest BCUT2D eigenvalue weighted by Gasteiger charge is -2.07. The number of nitrogens with one attached hydrogen (secondary N) is 1. The Hall–Kier alpha value is -3.61. The number of hydrogen-bond acceptors (Lipinski definition) is 2. The monoisotopic (exact) mass is 395 g/mol. The van der Waals surface area contributed by atoms with E-state index in [2.05, 4.69) is 10.3 Å². The number of carbonyl (C=O) groups is 1. The Kier molecular flexibility index (Phi) is 4.80. The molecule has 0 saturated carbocycles. The van der Waals surface area contributed by atoms with Crippen LogP contribution in [0.2, 0.25) is 0 Å². The first kappa shape index (κ1) is 18.7. The molecule has 0 atom stereocenters. The summed E-state index contributed by atoms with van der Waals surface area (Å²) in [5, 5.41) is 2.82. The molecule has 0 aliphatic rings. The number of para-hydroxylation sites is 1. The predicted molar refractivity (Wildman–Crippen MR) is 104 cm³/mol. The van der Waals surface area contributed by atoms with E-state index in [9.17, 15) is 18.0 Å². The molecule has 0 bridgehead atoms. The molecule has 2 heterocycles. The van der Waals surface area contributed by atoms with E-state index in [0.717, 1.165) is 12.1 Å². The van der Waals surface area contributed by atoms with Crippen LogP contribution in [0.15, 0.2) is 79.1 Å². The van der Waals surface area contributed by atoms with E-state index >= 15 is 0 Å². The number of carbonyl (C=O) groups excluding carboxylic acids is 1. The van der Waals surface area contributed by atoms with Crippen molar-refractivity contribution in [2.45, 2.75) is 12.6 Å². The minimum Gasteiger partial charge on any atom is -0.326 e. The fourth-order valence-electron chi connectivity index (χ4n) is 3.10. The number of alkyl halides is 3. The van der Waals surface area contributed by atoms with Gasteiger partial charge in [0.25, 0.3) is 0 Å². The molecule has 146 valence electrons. The van der Waals surface area contributed by atoms with Crippen molar-refractivity contribution in [1.29, 1.82) is 0 Å². The molecule has 0 fully saturated rings. The van der Waals surface area contributed by atoms with Gasteiger partial charge in [-0.3, -0.25) is 4.79 Å². The van der Waals surface area contributed by atoms with Crippen molar-refractivity contribution >= 4 is 17.2 Å². The van der Waals surface area contributed by atoms with Gasteiger partial charge >= 0.3 is 6.18 Å². The van der Waals surface area contributed by atoms with Gasteiger partial charge in [0.1, 0.15) is 5.65 Å². The third-order valence-corrected chi connectivity index (χ3v) is 4.46. The SMILES string of the molecule is O=C(Cc1cccn2cc(-c3cccc(C(F)(F)F)c3)nc12)Nc1ccccc1. The Bertz CT molecular complexity index is 1170. The van der Waals surface area contributed by atoms with Crippen LogP contribution in [0, 0.1) is 0 Å². The van der Waals surface area contributed by atoms with Crippen molar-refractivity contribution in [2.75, 3.05) is 5.32 Å². The van der Waals surface area contributed by atoms with E-state index in [-0.39, 0.29) is 12.3 Å². The number of benzene rings is 2. The lowest BCUT2D eigenvalue weighted by Crippen LogP contribution is -2.14. The van der Waals surface area contributed by atoms with Gasteiger partial charge in [-0.05, 0) is 30.3 Å². The largest absolute Gasteiger partial charge is 0.416 e. The summed E-state index contributed by atoms with van der Waals surface area (Å²) in [5.74, 6) is -0.201. The van der Waals surface area contributed by atoms with Crippen LogP contribution < -0.4 is 5.32 Å². The molecule has 0 saturated heterocycles. The summed E-state index contributed by atoms with van der Waals surface area (Å²) in [7, 11) is 0. The van der Waals surface area contributed by atoms with Gasteiger partial charge in [-0.15, -0.1) is 0 Å². The van der Waals surface area contributed by atoms with Gasteiger partial charge in [0, 0.05) is 29.2 Å². The van der Waals surface area contributed by atoms with Gasteiger partial charge in [-0.2, -0.15) is 13.2 Å². The summed E-state index contributed by atoms with van der Waals surface area (Å²) in [6.07, 6.45) is -0.921. The summed E-state index contributed by atoms with van der Waals surface area (Å²) < 4.78 is 40.7. The lowest BCUT2D eigenvalue weighted by molar-refractivity contribution is -0.137. The smallest absolute Gasteiger partial charge is 0.326 e. The highest BCUT2D eigenvalue weighted by molar-refractivity contribution is 5.93. The Morgan fingerprint density at radius 1 is 1.00 bits per heavy atom. The molecular formula is C22H16F3N3O. The fourth-order valence-corrected chi connectivity index (χ4v) is 3.10. The average molecular weight is 395 g/mol. The van der Waals surface area contributed by atoms with E-state index in [4.69, 9.17) is 0 Å². The molecular weight excluding hydrogens is 379 g/mol. The fraction of sp³-hybridized carbons (Fsp3) is 0.0909. The highest BCUT2D eigenvalue weighted by atomic mass is 19.4. The van der Waals surface area contributed by atoms with Gasteiger partial charge in [-0.25, -0.2) is 4.98 Å². The minimum atomic E-state index is -4.42. The zero-order valence-electron chi connectivity index (χ0n) is 15.1.